The van der Waals surface area contributed by atoms with Gasteiger partial charge in [0.2, 0.25) is 0 Å². The molecule has 1 aliphatic rings. The van der Waals surface area contributed by atoms with Crippen LogP contribution >= 0.6 is 11.3 Å². The summed E-state index contributed by atoms with van der Waals surface area (Å²) < 4.78 is 34.1. The number of piperidine rings is 1. The van der Waals surface area contributed by atoms with Crippen LogP contribution < -0.4 is 9.46 Å². The number of hydrogen-bond acceptors (Lipinski definition) is 6. The van der Waals surface area contributed by atoms with Crippen LogP contribution in [0.5, 0.6) is 5.75 Å². The van der Waals surface area contributed by atoms with Crippen LogP contribution in [0.1, 0.15) is 40.5 Å². The maximum atomic E-state index is 13.0. The molecule has 0 spiro atoms. The lowest BCUT2D eigenvalue weighted by molar-refractivity contribution is -0.140. The highest BCUT2D eigenvalue weighted by molar-refractivity contribution is 7.91. The molecule has 0 aliphatic carbocycles. The van der Waals surface area contributed by atoms with E-state index in [2.05, 4.69) is 30.4 Å². The molecule has 2 heterocycles. The number of carboxylic acids is 1. The highest BCUT2D eigenvalue weighted by atomic mass is 32.2. The topological polar surface area (TPSA) is 95.9 Å². The third-order valence-corrected chi connectivity index (χ3v) is 8.71. The molecule has 0 unspecified atom stereocenters. The first kappa shape index (κ1) is 25.7. The van der Waals surface area contributed by atoms with Gasteiger partial charge in [0.05, 0.1) is 6.61 Å². The molecule has 182 valence electrons. The zero-order valence-electron chi connectivity index (χ0n) is 19.7. The molecule has 1 saturated heterocycles. The van der Waals surface area contributed by atoms with Crippen LogP contribution in [0.4, 0.5) is 0 Å². The number of hydrogen-bond donors (Lipinski definition) is 2. The molecule has 2 aromatic rings. The standard InChI is InChI=1S/C24H34N2O5S2/c1-5-31-19-8-6-17(7-9-19)20-10-11-21(32-20)33(29,30)25-22(23(27)28)18-12-14-26(15-13-18)16-24(2,3)4/h6-11,18,22,25H,5,12-16H2,1-4H3,(H,27,28)/t22-/m1/s1. The minimum atomic E-state index is -3.95. The molecule has 33 heavy (non-hydrogen) atoms. The molecule has 0 bridgehead atoms. The van der Waals surface area contributed by atoms with Crippen LogP contribution in [0.15, 0.2) is 40.6 Å². The summed E-state index contributed by atoms with van der Waals surface area (Å²) in [7, 11) is -3.95. The molecule has 1 fully saturated rings. The van der Waals surface area contributed by atoms with E-state index in [-0.39, 0.29) is 15.5 Å². The highest BCUT2D eigenvalue weighted by Crippen LogP contribution is 2.32. The molecule has 1 aromatic heterocycles. The van der Waals surface area contributed by atoms with E-state index in [1.54, 1.807) is 6.07 Å². The van der Waals surface area contributed by atoms with Gasteiger partial charge in [0.15, 0.2) is 0 Å². The van der Waals surface area contributed by atoms with Gasteiger partial charge in [-0.1, -0.05) is 20.8 Å². The molecular formula is C24H34N2O5S2. The van der Waals surface area contributed by atoms with Crippen LogP contribution in [0, 0.1) is 11.3 Å². The van der Waals surface area contributed by atoms with Gasteiger partial charge >= 0.3 is 5.97 Å². The number of benzene rings is 1. The second kappa shape index (κ2) is 10.5. The Kier molecular flexibility index (Phi) is 8.21. The zero-order valence-corrected chi connectivity index (χ0v) is 21.3. The number of aliphatic carboxylic acids is 1. The summed E-state index contributed by atoms with van der Waals surface area (Å²) in [6.07, 6.45) is 1.30. The van der Waals surface area contributed by atoms with Crippen molar-refractivity contribution in [2.45, 2.75) is 50.8 Å². The molecule has 0 radical (unpaired) electrons. The number of ether oxygens (including phenoxy) is 1. The highest BCUT2D eigenvalue weighted by Gasteiger charge is 2.35. The average molecular weight is 495 g/mol. The van der Waals surface area contributed by atoms with Gasteiger partial charge in [0.1, 0.15) is 16.0 Å². The number of nitrogens with one attached hydrogen (secondary N) is 1. The first-order valence-corrected chi connectivity index (χ1v) is 13.6. The van der Waals surface area contributed by atoms with Crippen molar-refractivity contribution >= 4 is 27.3 Å². The van der Waals surface area contributed by atoms with E-state index in [9.17, 15) is 18.3 Å². The Hall–Kier alpha value is -1.94. The van der Waals surface area contributed by atoms with Crippen molar-refractivity contribution < 1.29 is 23.1 Å². The van der Waals surface area contributed by atoms with Crippen LogP contribution in [-0.4, -0.2) is 56.7 Å². The summed E-state index contributed by atoms with van der Waals surface area (Å²) in [4.78, 5) is 15.1. The van der Waals surface area contributed by atoms with E-state index in [4.69, 9.17) is 4.74 Å². The Morgan fingerprint density at radius 1 is 1.18 bits per heavy atom. The van der Waals surface area contributed by atoms with Gasteiger partial charge in [0.25, 0.3) is 10.0 Å². The molecule has 0 amide bonds. The lowest BCUT2D eigenvalue weighted by Gasteiger charge is -2.37. The van der Waals surface area contributed by atoms with Crippen molar-refractivity contribution in [2.75, 3.05) is 26.2 Å². The van der Waals surface area contributed by atoms with Gasteiger partial charge in [-0.05, 0) is 86.1 Å². The molecule has 9 heteroatoms. The van der Waals surface area contributed by atoms with Gasteiger partial charge in [-0.3, -0.25) is 4.79 Å². The van der Waals surface area contributed by atoms with Gasteiger partial charge < -0.3 is 14.7 Å². The summed E-state index contributed by atoms with van der Waals surface area (Å²) in [5, 5.41) is 9.79. The summed E-state index contributed by atoms with van der Waals surface area (Å²) in [5.74, 6) is -0.611. The fourth-order valence-corrected chi connectivity index (χ4v) is 6.78. The first-order chi connectivity index (χ1) is 15.5. The molecule has 0 saturated carbocycles. The van der Waals surface area contributed by atoms with Crippen LogP contribution in [-0.2, 0) is 14.8 Å². The van der Waals surface area contributed by atoms with Gasteiger partial charge in [-0.2, -0.15) is 4.72 Å². The minimum Gasteiger partial charge on any atom is -0.494 e. The summed E-state index contributed by atoms with van der Waals surface area (Å²) in [6.45, 7) is 11.5. The number of rotatable bonds is 9. The molecule has 2 N–H and O–H groups in total. The number of carbonyl (C=O) groups is 1. The molecule has 1 aliphatic heterocycles. The van der Waals surface area contributed by atoms with E-state index in [0.717, 1.165) is 47.2 Å². The molecule has 1 aromatic carbocycles. The quantitative estimate of drug-likeness (QED) is 0.540. The molecule has 1 atom stereocenters. The zero-order chi connectivity index (χ0) is 24.2. The second-order valence-electron chi connectivity index (χ2n) is 9.69. The Bertz CT molecular complexity index is 1030. The van der Waals surface area contributed by atoms with E-state index in [1.807, 2.05) is 31.2 Å². The van der Waals surface area contributed by atoms with Gasteiger partial charge in [-0.25, -0.2) is 8.42 Å². The minimum absolute atomic E-state index is 0.114. The average Bonchev–Trinajstić information content (AvgIpc) is 3.24. The number of carboxylic acid groups (broad SMARTS) is 1. The van der Waals surface area contributed by atoms with Gasteiger partial charge in [0, 0.05) is 11.4 Å². The predicted molar refractivity (Wildman–Crippen MR) is 131 cm³/mol. The molecule has 7 nitrogen and oxygen atoms in total. The third kappa shape index (κ3) is 7.02. The Morgan fingerprint density at radius 3 is 2.36 bits per heavy atom. The number of sulfonamides is 1. The van der Waals surface area contributed by atoms with Crippen molar-refractivity contribution in [1.29, 1.82) is 0 Å². The van der Waals surface area contributed by atoms with E-state index >= 15 is 0 Å². The third-order valence-electron chi connectivity index (χ3n) is 5.65. The molecule has 3 rings (SSSR count). The maximum absolute atomic E-state index is 13.0. The van der Waals surface area contributed by atoms with Crippen molar-refractivity contribution in [3.8, 4) is 16.2 Å². The fraction of sp³-hybridized carbons (Fsp3) is 0.542. The van der Waals surface area contributed by atoms with Crippen molar-refractivity contribution in [2.24, 2.45) is 11.3 Å². The summed E-state index contributed by atoms with van der Waals surface area (Å²) in [6, 6.07) is 9.59. The van der Waals surface area contributed by atoms with Crippen molar-refractivity contribution in [1.82, 2.24) is 9.62 Å². The monoisotopic (exact) mass is 494 g/mol. The lowest BCUT2D eigenvalue weighted by Crippen LogP contribution is -2.50. The SMILES string of the molecule is CCOc1ccc(-c2ccc(S(=O)(=O)N[C@@H](C(=O)O)C3CCN(CC(C)(C)C)CC3)s2)cc1. The Labute approximate surface area is 200 Å². The van der Waals surface area contributed by atoms with Crippen molar-refractivity contribution in [3.63, 3.8) is 0 Å². The smallest absolute Gasteiger partial charge is 0.322 e. The summed E-state index contributed by atoms with van der Waals surface area (Å²) >= 11 is 1.13. The maximum Gasteiger partial charge on any atom is 0.322 e. The Morgan fingerprint density at radius 2 is 1.82 bits per heavy atom. The first-order valence-electron chi connectivity index (χ1n) is 11.3. The van der Waals surface area contributed by atoms with Crippen LogP contribution in [0.2, 0.25) is 0 Å². The van der Waals surface area contributed by atoms with Crippen LogP contribution in [0.25, 0.3) is 10.4 Å². The fourth-order valence-electron chi connectivity index (χ4n) is 4.19. The lowest BCUT2D eigenvalue weighted by atomic mass is 9.88. The molecular weight excluding hydrogens is 460 g/mol. The Balaban J connectivity index is 1.69. The van der Waals surface area contributed by atoms with Crippen LogP contribution in [0.3, 0.4) is 0 Å². The van der Waals surface area contributed by atoms with E-state index in [0.29, 0.717) is 19.4 Å². The van der Waals surface area contributed by atoms with Crippen molar-refractivity contribution in [3.05, 3.63) is 36.4 Å². The van der Waals surface area contributed by atoms with E-state index < -0.39 is 22.0 Å². The number of thiophene rings is 1. The number of likely N-dealkylation sites (tertiary alicyclic amines) is 1. The van der Waals surface area contributed by atoms with Gasteiger partial charge in [-0.15, -0.1) is 11.3 Å². The largest absolute Gasteiger partial charge is 0.494 e. The van der Waals surface area contributed by atoms with E-state index in [1.165, 1.54) is 6.07 Å². The predicted octanol–water partition coefficient (Wildman–Crippen LogP) is 4.30. The number of nitrogens with zero attached hydrogens (tertiary/aromatic N) is 1. The second-order valence-corrected chi connectivity index (χ2v) is 12.7. The summed E-state index contributed by atoms with van der Waals surface area (Å²) in [5.41, 5.74) is 1.05. The normalized spacial score (nSPS) is 17.1.